The van der Waals surface area contributed by atoms with E-state index in [0.717, 1.165) is 45.2 Å². The Morgan fingerprint density at radius 1 is 1.07 bits per heavy atom. The first-order valence-corrected chi connectivity index (χ1v) is 10.3. The summed E-state index contributed by atoms with van der Waals surface area (Å²) in [5.41, 5.74) is 3.11. The number of anilines is 3. The maximum atomic E-state index is 12.7. The molecule has 0 radical (unpaired) electrons. The van der Waals surface area contributed by atoms with Gasteiger partial charge in [-0.3, -0.25) is 0 Å². The highest BCUT2D eigenvalue weighted by Crippen LogP contribution is 2.25. The van der Waals surface area contributed by atoms with Crippen LogP contribution in [0.5, 0.6) is 0 Å². The summed E-state index contributed by atoms with van der Waals surface area (Å²) in [6.07, 6.45) is 4.19. The van der Waals surface area contributed by atoms with E-state index >= 15 is 0 Å². The molecule has 0 bridgehead atoms. The number of nitrogens with one attached hydrogen (secondary N) is 1. The molecule has 0 aliphatic carbocycles. The fourth-order valence-electron chi connectivity index (χ4n) is 3.90. The maximum Gasteiger partial charge on any atom is 0.321 e. The first-order valence-electron chi connectivity index (χ1n) is 10.3. The third-order valence-electron chi connectivity index (χ3n) is 5.53. The molecule has 2 aliphatic rings. The van der Waals surface area contributed by atoms with Crippen LogP contribution < -0.4 is 15.1 Å². The minimum Gasteiger partial charge on any atom is -0.378 e. The van der Waals surface area contributed by atoms with Crippen molar-refractivity contribution in [1.29, 1.82) is 0 Å². The quantitative estimate of drug-likeness (QED) is 0.843. The number of aromatic nitrogens is 1. The molecule has 2 aromatic rings. The Balaban J connectivity index is 1.36. The zero-order valence-electron chi connectivity index (χ0n) is 17.0. The number of pyridine rings is 1. The molecule has 2 amide bonds. The molecule has 1 aromatic heterocycles. The van der Waals surface area contributed by atoms with Crippen molar-refractivity contribution in [2.24, 2.45) is 0 Å². The summed E-state index contributed by atoms with van der Waals surface area (Å²) in [6, 6.07) is 12.1. The smallest absolute Gasteiger partial charge is 0.321 e. The SMILES string of the molecule is CN(Cc1ccccc1N1CCCC1)C(=O)Nc1ccc(N2CCOCC2)nc1. The number of urea groups is 1. The van der Waals surface area contributed by atoms with E-state index in [1.54, 1.807) is 11.1 Å². The number of ether oxygens (including phenoxy) is 1. The number of carbonyl (C=O) groups excluding carboxylic acids is 1. The van der Waals surface area contributed by atoms with Gasteiger partial charge in [-0.05, 0) is 36.6 Å². The number of amides is 2. The van der Waals surface area contributed by atoms with Crippen LogP contribution in [0.25, 0.3) is 0 Å². The number of para-hydroxylation sites is 1. The lowest BCUT2D eigenvalue weighted by molar-refractivity contribution is 0.122. The second kappa shape index (κ2) is 9.13. The van der Waals surface area contributed by atoms with Crippen molar-refractivity contribution in [2.75, 3.05) is 61.6 Å². The summed E-state index contributed by atoms with van der Waals surface area (Å²) < 4.78 is 5.38. The highest BCUT2D eigenvalue weighted by molar-refractivity contribution is 5.89. The zero-order chi connectivity index (χ0) is 20.1. The number of benzene rings is 1. The Morgan fingerprint density at radius 2 is 1.83 bits per heavy atom. The van der Waals surface area contributed by atoms with Crippen molar-refractivity contribution in [3.63, 3.8) is 0 Å². The molecule has 2 saturated heterocycles. The molecule has 1 N–H and O–H groups in total. The Morgan fingerprint density at radius 3 is 2.55 bits per heavy atom. The zero-order valence-corrected chi connectivity index (χ0v) is 17.0. The molecule has 0 unspecified atom stereocenters. The van der Waals surface area contributed by atoms with Crippen LogP contribution in [-0.2, 0) is 11.3 Å². The lowest BCUT2D eigenvalue weighted by atomic mass is 10.1. The van der Waals surface area contributed by atoms with Gasteiger partial charge < -0.3 is 24.8 Å². The summed E-state index contributed by atoms with van der Waals surface area (Å²) in [5.74, 6) is 0.916. The molecule has 7 nitrogen and oxygen atoms in total. The van der Waals surface area contributed by atoms with Gasteiger partial charge in [0.05, 0.1) is 25.1 Å². The molecule has 1 aromatic carbocycles. The minimum absolute atomic E-state index is 0.137. The summed E-state index contributed by atoms with van der Waals surface area (Å²) in [4.78, 5) is 23.5. The van der Waals surface area contributed by atoms with Gasteiger partial charge in [-0.25, -0.2) is 9.78 Å². The first-order chi connectivity index (χ1) is 14.2. The largest absolute Gasteiger partial charge is 0.378 e. The van der Waals surface area contributed by atoms with Crippen molar-refractivity contribution < 1.29 is 9.53 Å². The standard InChI is InChI=1S/C22H29N5O2/c1-25(17-18-6-2-3-7-20(18)26-10-4-5-11-26)22(28)24-19-8-9-21(23-16-19)27-12-14-29-15-13-27/h2-3,6-9,16H,4-5,10-15,17H2,1H3,(H,24,28). The predicted octanol–water partition coefficient (Wildman–Crippen LogP) is 3.18. The van der Waals surface area contributed by atoms with Gasteiger partial charge in [0.2, 0.25) is 0 Å². The summed E-state index contributed by atoms with van der Waals surface area (Å²) in [7, 11) is 1.83. The van der Waals surface area contributed by atoms with Crippen LogP contribution >= 0.6 is 0 Å². The van der Waals surface area contributed by atoms with Crippen LogP contribution in [0.15, 0.2) is 42.6 Å². The fraction of sp³-hybridized carbons (Fsp3) is 0.455. The molecule has 0 spiro atoms. The van der Waals surface area contributed by atoms with Gasteiger partial charge in [-0.2, -0.15) is 0 Å². The van der Waals surface area contributed by atoms with Crippen molar-refractivity contribution in [3.8, 4) is 0 Å². The average Bonchev–Trinajstić information content (AvgIpc) is 3.30. The van der Waals surface area contributed by atoms with Crippen LogP contribution in [0.4, 0.5) is 22.0 Å². The van der Waals surface area contributed by atoms with Gasteiger partial charge in [0.15, 0.2) is 0 Å². The molecular formula is C22H29N5O2. The third-order valence-corrected chi connectivity index (χ3v) is 5.53. The van der Waals surface area contributed by atoms with Crippen LogP contribution in [0.2, 0.25) is 0 Å². The topological polar surface area (TPSA) is 60.9 Å². The van der Waals surface area contributed by atoms with Crippen LogP contribution in [0.1, 0.15) is 18.4 Å². The Hall–Kier alpha value is -2.80. The van der Waals surface area contributed by atoms with Crippen molar-refractivity contribution in [3.05, 3.63) is 48.2 Å². The number of morpholine rings is 1. The minimum atomic E-state index is -0.137. The average molecular weight is 396 g/mol. The molecule has 2 aliphatic heterocycles. The highest BCUT2D eigenvalue weighted by Gasteiger charge is 2.18. The highest BCUT2D eigenvalue weighted by atomic mass is 16.5. The molecule has 3 heterocycles. The van der Waals surface area contributed by atoms with E-state index in [4.69, 9.17) is 4.74 Å². The van der Waals surface area contributed by atoms with E-state index in [9.17, 15) is 4.79 Å². The van der Waals surface area contributed by atoms with Gasteiger partial charge in [0.1, 0.15) is 5.82 Å². The number of rotatable bonds is 5. The second-order valence-electron chi connectivity index (χ2n) is 7.61. The molecule has 154 valence electrons. The number of hydrogen-bond donors (Lipinski definition) is 1. The normalized spacial score (nSPS) is 16.7. The van der Waals surface area contributed by atoms with Gasteiger partial charge in [0, 0.05) is 45.5 Å². The van der Waals surface area contributed by atoms with Crippen molar-refractivity contribution in [2.45, 2.75) is 19.4 Å². The first kappa shape index (κ1) is 19.5. The molecular weight excluding hydrogens is 366 g/mol. The molecule has 0 saturated carbocycles. The monoisotopic (exact) mass is 395 g/mol. The van der Waals surface area contributed by atoms with E-state index in [-0.39, 0.29) is 6.03 Å². The molecule has 7 heteroatoms. The molecule has 29 heavy (non-hydrogen) atoms. The van der Waals surface area contributed by atoms with E-state index in [1.165, 1.54) is 24.1 Å². The summed E-state index contributed by atoms with van der Waals surface area (Å²) in [5, 5.41) is 2.95. The second-order valence-corrected chi connectivity index (χ2v) is 7.61. The number of nitrogens with zero attached hydrogens (tertiary/aromatic N) is 4. The third kappa shape index (κ3) is 4.79. The van der Waals surface area contributed by atoms with Crippen LogP contribution in [0, 0.1) is 0 Å². The molecule has 0 atom stereocenters. The fourth-order valence-corrected chi connectivity index (χ4v) is 3.90. The van der Waals surface area contributed by atoms with Crippen LogP contribution in [-0.4, -0.2) is 62.4 Å². The Bertz CT molecular complexity index is 814. The van der Waals surface area contributed by atoms with Gasteiger partial charge in [0.25, 0.3) is 0 Å². The van der Waals surface area contributed by atoms with Gasteiger partial charge in [-0.1, -0.05) is 18.2 Å². The predicted molar refractivity (Wildman–Crippen MR) is 116 cm³/mol. The number of hydrogen-bond acceptors (Lipinski definition) is 5. The lowest BCUT2D eigenvalue weighted by Gasteiger charge is -2.28. The number of carbonyl (C=O) groups is 1. The Labute approximate surface area is 172 Å². The molecule has 4 rings (SSSR count). The van der Waals surface area contributed by atoms with Crippen molar-refractivity contribution in [1.82, 2.24) is 9.88 Å². The summed E-state index contributed by atoms with van der Waals surface area (Å²) >= 11 is 0. The maximum absolute atomic E-state index is 12.7. The summed E-state index contributed by atoms with van der Waals surface area (Å²) in [6.45, 7) is 5.89. The van der Waals surface area contributed by atoms with Crippen LogP contribution in [0.3, 0.4) is 0 Å². The Kier molecular flexibility index (Phi) is 6.14. The van der Waals surface area contributed by atoms with E-state index in [0.29, 0.717) is 12.2 Å². The lowest BCUT2D eigenvalue weighted by Crippen LogP contribution is -2.36. The van der Waals surface area contributed by atoms with E-state index in [2.05, 4.69) is 38.3 Å². The van der Waals surface area contributed by atoms with Crippen molar-refractivity contribution >= 4 is 23.2 Å². The van der Waals surface area contributed by atoms with E-state index < -0.39 is 0 Å². The molecule has 2 fully saturated rings. The van der Waals surface area contributed by atoms with Gasteiger partial charge >= 0.3 is 6.03 Å². The van der Waals surface area contributed by atoms with Gasteiger partial charge in [-0.15, -0.1) is 0 Å². The van der Waals surface area contributed by atoms with E-state index in [1.807, 2.05) is 25.2 Å².